The van der Waals surface area contributed by atoms with E-state index < -0.39 is 0 Å². The van der Waals surface area contributed by atoms with Crippen LogP contribution in [0, 0.1) is 0 Å². The molecule has 0 saturated heterocycles. The zero-order valence-electron chi connectivity index (χ0n) is 15.2. The Hall–Kier alpha value is -2.86. The monoisotopic (exact) mass is 356 g/mol. The van der Waals surface area contributed by atoms with Gasteiger partial charge in [0.25, 0.3) is 11.8 Å². The average molecular weight is 356 g/mol. The number of benzene rings is 2. The van der Waals surface area contributed by atoms with Gasteiger partial charge in [-0.15, -0.1) is 0 Å². The lowest BCUT2D eigenvalue weighted by molar-refractivity contribution is 0.0936. The molecule has 2 aromatic rings. The second-order valence-electron chi connectivity index (χ2n) is 5.94. The van der Waals surface area contributed by atoms with Crippen LogP contribution in [0.25, 0.3) is 0 Å². The first kappa shape index (κ1) is 19.5. The highest BCUT2D eigenvalue weighted by molar-refractivity contribution is 6.06. The van der Waals surface area contributed by atoms with Gasteiger partial charge in [0.1, 0.15) is 5.75 Å². The van der Waals surface area contributed by atoms with Crippen molar-refractivity contribution in [3.63, 3.8) is 0 Å². The summed E-state index contributed by atoms with van der Waals surface area (Å²) >= 11 is 0. The highest BCUT2D eigenvalue weighted by Gasteiger charge is 2.13. The van der Waals surface area contributed by atoms with Gasteiger partial charge in [-0.25, -0.2) is 0 Å². The Morgan fingerprint density at radius 3 is 2.35 bits per heavy atom. The van der Waals surface area contributed by atoms with Gasteiger partial charge in [-0.2, -0.15) is 0 Å². The third-order valence-corrected chi connectivity index (χ3v) is 3.49. The summed E-state index contributed by atoms with van der Waals surface area (Å²) < 4.78 is 10.6. The zero-order chi connectivity index (χ0) is 18.9. The maximum absolute atomic E-state index is 12.5. The van der Waals surface area contributed by atoms with E-state index in [0.29, 0.717) is 35.7 Å². The number of methoxy groups -OCH3 is 1. The summed E-state index contributed by atoms with van der Waals surface area (Å²) in [5.41, 5.74) is 1.58. The molecule has 0 saturated carbocycles. The van der Waals surface area contributed by atoms with Crippen LogP contribution >= 0.6 is 0 Å². The average Bonchev–Trinajstić information content (AvgIpc) is 2.62. The van der Waals surface area contributed by atoms with Crippen molar-refractivity contribution in [1.29, 1.82) is 0 Å². The molecule has 0 bridgehead atoms. The number of ether oxygens (including phenoxy) is 2. The summed E-state index contributed by atoms with van der Waals surface area (Å²) in [4.78, 5) is 24.5. The molecule has 2 rings (SSSR count). The number of hydrogen-bond donors (Lipinski definition) is 2. The Morgan fingerprint density at radius 2 is 1.69 bits per heavy atom. The van der Waals surface area contributed by atoms with Gasteiger partial charge in [0, 0.05) is 24.9 Å². The molecule has 0 aliphatic heterocycles. The van der Waals surface area contributed by atoms with E-state index in [-0.39, 0.29) is 17.9 Å². The number of hydrogen-bond acceptors (Lipinski definition) is 4. The molecule has 0 aliphatic rings. The molecule has 0 atom stereocenters. The van der Waals surface area contributed by atoms with E-state index >= 15 is 0 Å². The number of para-hydroxylation sites is 1. The number of anilines is 1. The van der Waals surface area contributed by atoms with Crippen LogP contribution < -0.4 is 15.4 Å². The number of amides is 2. The minimum Gasteiger partial charge on any atom is -0.490 e. The predicted octanol–water partition coefficient (Wildman–Crippen LogP) is 3.10. The maximum atomic E-state index is 12.5. The van der Waals surface area contributed by atoms with Crippen LogP contribution in [0.3, 0.4) is 0 Å². The molecule has 26 heavy (non-hydrogen) atoms. The van der Waals surface area contributed by atoms with Crippen LogP contribution in [0.15, 0.2) is 48.5 Å². The molecule has 0 aromatic heterocycles. The molecular formula is C20H24N2O4. The van der Waals surface area contributed by atoms with Gasteiger partial charge in [0.05, 0.1) is 18.3 Å². The Labute approximate surface area is 153 Å². The van der Waals surface area contributed by atoms with Gasteiger partial charge in [-0.1, -0.05) is 12.1 Å². The first-order valence-corrected chi connectivity index (χ1v) is 8.45. The standard InChI is InChI=1S/C20H24N2O4/c1-14(2)26-18-7-5-4-6-17(18)20(24)22-16-10-8-15(9-11-16)19(23)21-12-13-25-3/h4-11,14H,12-13H2,1-3H3,(H,21,23)(H,22,24). The van der Waals surface area contributed by atoms with Gasteiger partial charge in [-0.05, 0) is 50.2 Å². The van der Waals surface area contributed by atoms with Crippen molar-refractivity contribution in [3.8, 4) is 5.75 Å². The quantitative estimate of drug-likeness (QED) is 0.713. The van der Waals surface area contributed by atoms with E-state index in [1.807, 2.05) is 19.9 Å². The second kappa shape index (κ2) is 9.58. The first-order valence-electron chi connectivity index (χ1n) is 8.45. The Morgan fingerprint density at radius 1 is 1.00 bits per heavy atom. The van der Waals surface area contributed by atoms with E-state index in [4.69, 9.17) is 9.47 Å². The third-order valence-electron chi connectivity index (χ3n) is 3.49. The fraction of sp³-hybridized carbons (Fsp3) is 0.300. The molecule has 2 amide bonds. The Bertz CT molecular complexity index is 742. The van der Waals surface area contributed by atoms with E-state index in [9.17, 15) is 9.59 Å². The van der Waals surface area contributed by atoms with Crippen LogP contribution in [-0.2, 0) is 4.74 Å². The van der Waals surface area contributed by atoms with Crippen molar-refractivity contribution in [3.05, 3.63) is 59.7 Å². The fourth-order valence-corrected chi connectivity index (χ4v) is 2.28. The van der Waals surface area contributed by atoms with Crippen molar-refractivity contribution in [2.75, 3.05) is 25.6 Å². The van der Waals surface area contributed by atoms with E-state index in [2.05, 4.69) is 10.6 Å². The topological polar surface area (TPSA) is 76.7 Å². The number of nitrogens with one attached hydrogen (secondary N) is 2. The van der Waals surface area contributed by atoms with Gasteiger partial charge in [0.15, 0.2) is 0 Å². The van der Waals surface area contributed by atoms with Crippen LogP contribution in [0.5, 0.6) is 5.75 Å². The molecule has 0 spiro atoms. The molecule has 138 valence electrons. The SMILES string of the molecule is COCCNC(=O)c1ccc(NC(=O)c2ccccc2OC(C)C)cc1. The maximum Gasteiger partial charge on any atom is 0.259 e. The van der Waals surface area contributed by atoms with Gasteiger partial charge < -0.3 is 20.1 Å². The lowest BCUT2D eigenvalue weighted by Crippen LogP contribution is -2.26. The highest BCUT2D eigenvalue weighted by Crippen LogP contribution is 2.21. The molecule has 0 aliphatic carbocycles. The van der Waals surface area contributed by atoms with E-state index in [0.717, 1.165) is 0 Å². The normalized spacial score (nSPS) is 10.5. The molecule has 6 nitrogen and oxygen atoms in total. The largest absolute Gasteiger partial charge is 0.490 e. The van der Waals surface area contributed by atoms with Crippen LogP contribution in [0.4, 0.5) is 5.69 Å². The Kier molecular flexibility index (Phi) is 7.17. The summed E-state index contributed by atoms with van der Waals surface area (Å²) in [6, 6.07) is 13.8. The number of carbonyl (C=O) groups is 2. The summed E-state index contributed by atoms with van der Waals surface area (Å²) in [6.45, 7) is 4.72. The van der Waals surface area contributed by atoms with Gasteiger partial charge in [0.2, 0.25) is 0 Å². The molecule has 6 heteroatoms. The predicted molar refractivity (Wildman–Crippen MR) is 101 cm³/mol. The number of rotatable bonds is 8. The summed E-state index contributed by atoms with van der Waals surface area (Å²) in [6.07, 6.45) is -0.0279. The van der Waals surface area contributed by atoms with Crippen LogP contribution in [0.2, 0.25) is 0 Å². The minimum atomic E-state index is -0.265. The summed E-state index contributed by atoms with van der Waals surface area (Å²) in [7, 11) is 1.58. The molecule has 0 fully saturated rings. The highest BCUT2D eigenvalue weighted by atomic mass is 16.5. The zero-order valence-corrected chi connectivity index (χ0v) is 15.2. The van der Waals surface area contributed by atoms with Crippen molar-refractivity contribution in [2.45, 2.75) is 20.0 Å². The van der Waals surface area contributed by atoms with Gasteiger partial charge >= 0.3 is 0 Å². The van der Waals surface area contributed by atoms with Crippen molar-refractivity contribution in [1.82, 2.24) is 5.32 Å². The first-order chi connectivity index (χ1) is 12.5. The van der Waals surface area contributed by atoms with Crippen molar-refractivity contribution in [2.24, 2.45) is 0 Å². The number of carbonyl (C=O) groups excluding carboxylic acids is 2. The van der Waals surface area contributed by atoms with Crippen LogP contribution in [-0.4, -0.2) is 38.2 Å². The molecule has 0 unspecified atom stereocenters. The minimum absolute atomic E-state index is 0.0279. The van der Waals surface area contributed by atoms with Crippen LogP contribution in [0.1, 0.15) is 34.6 Å². The van der Waals surface area contributed by atoms with Crippen molar-refractivity contribution >= 4 is 17.5 Å². The smallest absolute Gasteiger partial charge is 0.259 e. The molecule has 0 radical (unpaired) electrons. The summed E-state index contributed by atoms with van der Waals surface area (Å²) in [5, 5.41) is 5.56. The molecular weight excluding hydrogens is 332 g/mol. The lowest BCUT2D eigenvalue weighted by atomic mass is 10.1. The van der Waals surface area contributed by atoms with E-state index in [1.54, 1.807) is 49.6 Å². The molecule has 2 aromatic carbocycles. The summed E-state index contributed by atoms with van der Waals surface area (Å²) in [5.74, 6) is 0.0864. The third kappa shape index (κ3) is 5.60. The van der Waals surface area contributed by atoms with Crippen molar-refractivity contribution < 1.29 is 19.1 Å². The fourth-order valence-electron chi connectivity index (χ4n) is 2.28. The van der Waals surface area contributed by atoms with E-state index in [1.165, 1.54) is 0 Å². The molecule has 0 heterocycles. The Balaban J connectivity index is 2.03. The lowest BCUT2D eigenvalue weighted by Gasteiger charge is -2.14. The molecule has 2 N–H and O–H groups in total. The van der Waals surface area contributed by atoms with Gasteiger partial charge in [-0.3, -0.25) is 9.59 Å². The second-order valence-corrected chi connectivity index (χ2v) is 5.94.